The first-order chi connectivity index (χ1) is 16.2. The minimum absolute atomic E-state index is 0.0523. The summed E-state index contributed by atoms with van der Waals surface area (Å²) in [6.45, 7) is 15.8. The fourth-order valence-electron chi connectivity index (χ4n) is 4.12. The molecule has 7 heteroatoms. The number of hydrogen-bond acceptors (Lipinski definition) is 5. The number of rotatable bonds is 11. The number of aliphatic hydroxyl groups is 1. The molecule has 1 aromatic carbocycles. The lowest BCUT2D eigenvalue weighted by Gasteiger charge is -2.19. The third-order valence-corrected chi connectivity index (χ3v) is 6.39. The number of aromatic nitrogens is 4. The highest BCUT2D eigenvalue weighted by molar-refractivity contribution is 5.63. The van der Waals surface area contributed by atoms with Gasteiger partial charge in [-0.15, -0.1) is 0 Å². The van der Waals surface area contributed by atoms with Gasteiger partial charge in [-0.05, 0) is 29.7 Å². The molecule has 0 radical (unpaired) electrons. The summed E-state index contributed by atoms with van der Waals surface area (Å²) in [5.74, 6) is 1.63. The van der Waals surface area contributed by atoms with Gasteiger partial charge in [0.1, 0.15) is 0 Å². The lowest BCUT2D eigenvalue weighted by molar-refractivity contribution is 0.292. The number of nitrogens with one attached hydrogen (secondary N) is 2. The van der Waals surface area contributed by atoms with Crippen molar-refractivity contribution in [2.45, 2.75) is 72.1 Å². The maximum absolute atomic E-state index is 12.9. The summed E-state index contributed by atoms with van der Waals surface area (Å²) in [7, 11) is 0. The van der Waals surface area contributed by atoms with Crippen LogP contribution in [0.3, 0.4) is 0 Å². The molecule has 184 valence electrons. The third-order valence-electron chi connectivity index (χ3n) is 6.39. The number of anilines is 1. The van der Waals surface area contributed by atoms with Crippen molar-refractivity contribution in [2.75, 3.05) is 18.5 Å². The number of allylic oxidation sites excluding steroid dienone is 1. The molecule has 0 bridgehead atoms. The van der Waals surface area contributed by atoms with Crippen LogP contribution in [0.25, 0.3) is 17.0 Å². The van der Waals surface area contributed by atoms with E-state index in [2.05, 4.69) is 63.7 Å². The molecule has 0 fully saturated rings. The van der Waals surface area contributed by atoms with E-state index in [0.717, 1.165) is 30.4 Å². The Balaban J connectivity index is 2.05. The second-order valence-electron chi connectivity index (χ2n) is 10.1. The van der Waals surface area contributed by atoms with Gasteiger partial charge in [-0.1, -0.05) is 83.9 Å². The highest BCUT2D eigenvalue weighted by atomic mass is 16.3. The molecule has 0 spiro atoms. The van der Waals surface area contributed by atoms with E-state index in [1.807, 2.05) is 12.1 Å². The highest BCUT2D eigenvalue weighted by Gasteiger charge is 2.19. The molecule has 0 unspecified atom stereocenters. The molecule has 0 aliphatic carbocycles. The quantitative estimate of drug-likeness (QED) is 0.270. The standard InChI is InChI=1S/C27H39N5O2/c1-7-19(8-2)16-18(3)17-22-24-29-23(20-10-12-21(13-11-20)27(4,5)6)30-26(28-14-9-15-33)32(24)31-25(22)34/h10-13,19,33H,3,7-9,14-17H2,1-2,4-6H3,(H,31,34)(H,28,29,30). The van der Waals surface area contributed by atoms with Gasteiger partial charge in [0.05, 0.1) is 5.56 Å². The van der Waals surface area contributed by atoms with Gasteiger partial charge in [0.2, 0.25) is 5.95 Å². The van der Waals surface area contributed by atoms with E-state index in [-0.39, 0.29) is 17.6 Å². The minimum Gasteiger partial charge on any atom is -0.396 e. The number of aromatic amines is 1. The van der Waals surface area contributed by atoms with Crippen molar-refractivity contribution in [3.63, 3.8) is 0 Å². The fourth-order valence-corrected chi connectivity index (χ4v) is 4.12. The van der Waals surface area contributed by atoms with E-state index in [0.29, 0.717) is 48.3 Å². The minimum atomic E-state index is -0.176. The first-order valence-corrected chi connectivity index (χ1v) is 12.3. The van der Waals surface area contributed by atoms with Crippen molar-refractivity contribution in [3.8, 4) is 11.4 Å². The molecule has 0 atom stereocenters. The molecule has 0 aliphatic rings. The summed E-state index contributed by atoms with van der Waals surface area (Å²) in [5, 5.41) is 15.3. The number of fused-ring (bicyclic) bond motifs is 1. The van der Waals surface area contributed by atoms with Gasteiger partial charge < -0.3 is 10.4 Å². The fraction of sp³-hybridized carbons (Fsp3) is 0.519. The summed E-state index contributed by atoms with van der Waals surface area (Å²) in [4.78, 5) is 22.5. The maximum atomic E-state index is 12.9. The largest absolute Gasteiger partial charge is 0.396 e. The van der Waals surface area contributed by atoms with Crippen molar-refractivity contribution >= 4 is 11.6 Å². The van der Waals surface area contributed by atoms with Crippen molar-refractivity contribution in [1.29, 1.82) is 0 Å². The smallest absolute Gasteiger partial charge is 0.270 e. The summed E-state index contributed by atoms with van der Waals surface area (Å²) < 4.78 is 1.62. The predicted molar refractivity (Wildman–Crippen MR) is 139 cm³/mol. The molecular formula is C27H39N5O2. The SMILES string of the molecule is C=C(Cc1c(=O)[nH]n2c(NCCCO)nc(-c3ccc(C(C)(C)C)cc3)nc12)CC(CC)CC. The number of nitrogens with zero attached hydrogens (tertiary/aromatic N) is 3. The zero-order valence-electron chi connectivity index (χ0n) is 21.2. The van der Waals surface area contributed by atoms with Gasteiger partial charge in [0.15, 0.2) is 11.5 Å². The summed E-state index contributed by atoms with van der Waals surface area (Å²) in [5.41, 5.74) is 4.20. The highest BCUT2D eigenvalue weighted by Crippen LogP contribution is 2.26. The molecule has 2 heterocycles. The van der Waals surface area contributed by atoms with Crippen molar-refractivity contribution in [2.24, 2.45) is 5.92 Å². The van der Waals surface area contributed by atoms with E-state index >= 15 is 0 Å². The average Bonchev–Trinajstić information content (AvgIpc) is 3.12. The Morgan fingerprint density at radius 2 is 1.85 bits per heavy atom. The van der Waals surface area contributed by atoms with Crippen LogP contribution in [0.15, 0.2) is 41.2 Å². The first kappa shape index (κ1) is 25.7. The summed E-state index contributed by atoms with van der Waals surface area (Å²) in [6.07, 6.45) is 4.15. The number of benzene rings is 1. The molecule has 0 saturated heterocycles. The van der Waals surface area contributed by atoms with Gasteiger partial charge in [0.25, 0.3) is 5.56 Å². The molecule has 0 amide bonds. The van der Waals surface area contributed by atoms with Crippen LogP contribution in [0.1, 0.15) is 71.4 Å². The normalized spacial score (nSPS) is 12.0. The van der Waals surface area contributed by atoms with Crippen molar-refractivity contribution in [3.05, 3.63) is 57.9 Å². The molecule has 2 aromatic heterocycles. The topological polar surface area (TPSA) is 95.3 Å². The zero-order valence-corrected chi connectivity index (χ0v) is 21.2. The molecule has 3 rings (SSSR count). The summed E-state index contributed by atoms with van der Waals surface area (Å²) in [6, 6.07) is 8.26. The lowest BCUT2D eigenvalue weighted by atomic mass is 9.87. The Bertz CT molecular complexity index is 1160. The van der Waals surface area contributed by atoms with Crippen LogP contribution < -0.4 is 10.9 Å². The van der Waals surface area contributed by atoms with Crippen molar-refractivity contribution < 1.29 is 5.11 Å². The third kappa shape index (κ3) is 5.95. The van der Waals surface area contributed by atoms with Crippen LogP contribution in [0.2, 0.25) is 0 Å². The van der Waals surface area contributed by atoms with Gasteiger partial charge >= 0.3 is 0 Å². The van der Waals surface area contributed by atoms with E-state index in [1.165, 1.54) is 5.56 Å². The first-order valence-electron chi connectivity index (χ1n) is 12.3. The van der Waals surface area contributed by atoms with E-state index in [1.54, 1.807) is 4.52 Å². The molecular weight excluding hydrogens is 426 g/mol. The van der Waals surface area contributed by atoms with Crippen LogP contribution in [0, 0.1) is 5.92 Å². The average molecular weight is 466 g/mol. The maximum Gasteiger partial charge on any atom is 0.270 e. The molecule has 7 nitrogen and oxygen atoms in total. The Labute approximate surface area is 202 Å². The van der Waals surface area contributed by atoms with Gasteiger partial charge in [-0.3, -0.25) is 9.89 Å². The predicted octanol–water partition coefficient (Wildman–Crippen LogP) is 5.10. The van der Waals surface area contributed by atoms with Gasteiger partial charge in [-0.2, -0.15) is 4.98 Å². The number of hydrogen-bond donors (Lipinski definition) is 3. The van der Waals surface area contributed by atoms with Crippen LogP contribution in [-0.2, 0) is 11.8 Å². The Kier molecular flexibility index (Phi) is 8.31. The van der Waals surface area contributed by atoms with Crippen LogP contribution >= 0.6 is 0 Å². The molecule has 0 aliphatic heterocycles. The Morgan fingerprint density at radius 1 is 1.18 bits per heavy atom. The van der Waals surface area contributed by atoms with Crippen molar-refractivity contribution in [1.82, 2.24) is 19.6 Å². The number of aliphatic hydroxyl groups excluding tert-OH is 1. The van der Waals surface area contributed by atoms with Gasteiger partial charge in [-0.25, -0.2) is 9.50 Å². The van der Waals surface area contributed by atoms with Crippen LogP contribution in [0.4, 0.5) is 5.95 Å². The Morgan fingerprint density at radius 3 is 2.44 bits per heavy atom. The number of H-pyrrole nitrogens is 1. The van der Waals surface area contributed by atoms with E-state index in [4.69, 9.17) is 9.97 Å². The monoisotopic (exact) mass is 465 g/mol. The van der Waals surface area contributed by atoms with Gasteiger partial charge in [0, 0.05) is 25.1 Å². The second-order valence-corrected chi connectivity index (χ2v) is 10.1. The van der Waals surface area contributed by atoms with Crippen LogP contribution in [-0.4, -0.2) is 37.8 Å². The van der Waals surface area contributed by atoms with E-state index < -0.39 is 0 Å². The molecule has 3 aromatic rings. The summed E-state index contributed by atoms with van der Waals surface area (Å²) >= 11 is 0. The lowest BCUT2D eigenvalue weighted by Crippen LogP contribution is -2.13. The second kappa shape index (κ2) is 11.0. The zero-order chi connectivity index (χ0) is 24.9. The molecule has 34 heavy (non-hydrogen) atoms. The Hall–Kier alpha value is -2.93. The van der Waals surface area contributed by atoms with Crippen LogP contribution in [0.5, 0.6) is 0 Å². The molecule has 0 saturated carbocycles. The molecule has 3 N–H and O–H groups in total. The van der Waals surface area contributed by atoms with E-state index in [9.17, 15) is 9.90 Å².